The van der Waals surface area contributed by atoms with Gasteiger partial charge in [-0.1, -0.05) is 11.8 Å². The van der Waals surface area contributed by atoms with Crippen molar-refractivity contribution in [3.63, 3.8) is 0 Å². The van der Waals surface area contributed by atoms with Crippen LogP contribution in [0.15, 0.2) is 28.4 Å². The first-order valence-electron chi connectivity index (χ1n) is 5.86. The molecule has 0 heterocycles. The van der Waals surface area contributed by atoms with Crippen molar-refractivity contribution < 1.29 is 4.74 Å². The van der Waals surface area contributed by atoms with Crippen LogP contribution in [-0.4, -0.2) is 24.2 Å². The molecule has 1 aliphatic rings. The molecule has 18 heavy (non-hydrogen) atoms. The van der Waals surface area contributed by atoms with Crippen LogP contribution in [0.5, 0.6) is 5.75 Å². The van der Waals surface area contributed by atoms with Crippen LogP contribution in [0.1, 0.15) is 24.0 Å². The third-order valence-corrected chi connectivity index (χ3v) is 3.46. The molecule has 5 heteroatoms. The van der Waals surface area contributed by atoms with E-state index in [1.165, 1.54) is 22.9 Å². The summed E-state index contributed by atoms with van der Waals surface area (Å²) in [6.45, 7) is 0. The molecule has 0 amide bonds. The van der Waals surface area contributed by atoms with E-state index < -0.39 is 0 Å². The number of amidine groups is 1. The quantitative estimate of drug-likeness (QED) is 0.506. The van der Waals surface area contributed by atoms with Crippen LogP contribution in [0.2, 0.25) is 0 Å². The van der Waals surface area contributed by atoms with Gasteiger partial charge in [0.15, 0.2) is 5.17 Å². The van der Waals surface area contributed by atoms with Crippen LogP contribution in [-0.2, 0) is 6.42 Å². The number of fused-ring (bicyclic) bond motifs is 1. The molecule has 0 fully saturated rings. The van der Waals surface area contributed by atoms with Gasteiger partial charge in [-0.15, -0.1) is 5.10 Å². The summed E-state index contributed by atoms with van der Waals surface area (Å²) in [5.41, 5.74) is 9.09. The lowest BCUT2D eigenvalue weighted by Gasteiger charge is -2.17. The fraction of sp³-hybridized carbons (Fsp3) is 0.385. The van der Waals surface area contributed by atoms with E-state index in [0.29, 0.717) is 5.17 Å². The van der Waals surface area contributed by atoms with E-state index >= 15 is 0 Å². The van der Waals surface area contributed by atoms with Gasteiger partial charge in [-0.3, -0.25) is 0 Å². The molecular formula is C13H17N3OS. The first kappa shape index (κ1) is 13.0. The standard InChI is InChI=1S/C13H17N3OS/c1-17-10-6-7-11-9(8-10)4-3-5-12(11)15-16-13(14)18-2/h6-8H,3-5H2,1-2H3,(H2,14,16)/b15-12-. The molecule has 1 aromatic carbocycles. The molecule has 2 rings (SSSR count). The van der Waals surface area contributed by atoms with Gasteiger partial charge in [0.25, 0.3) is 0 Å². The Morgan fingerprint density at radius 1 is 1.39 bits per heavy atom. The minimum Gasteiger partial charge on any atom is -0.497 e. The second kappa shape index (κ2) is 5.91. The molecule has 4 nitrogen and oxygen atoms in total. The molecule has 2 N–H and O–H groups in total. The molecule has 0 aliphatic heterocycles. The number of benzene rings is 1. The molecule has 1 aliphatic carbocycles. The second-order valence-electron chi connectivity index (χ2n) is 4.07. The van der Waals surface area contributed by atoms with Crippen molar-refractivity contribution in [3.8, 4) is 5.75 Å². The van der Waals surface area contributed by atoms with E-state index in [0.717, 1.165) is 30.7 Å². The average molecular weight is 263 g/mol. The fourth-order valence-corrected chi connectivity index (χ4v) is 2.14. The van der Waals surface area contributed by atoms with Crippen molar-refractivity contribution >= 4 is 22.6 Å². The normalized spacial score (nSPS) is 17.7. The van der Waals surface area contributed by atoms with Crippen LogP contribution in [0.25, 0.3) is 0 Å². The summed E-state index contributed by atoms with van der Waals surface area (Å²) in [5, 5.41) is 8.78. The summed E-state index contributed by atoms with van der Waals surface area (Å²) >= 11 is 1.40. The van der Waals surface area contributed by atoms with Crippen LogP contribution in [0, 0.1) is 0 Å². The summed E-state index contributed by atoms with van der Waals surface area (Å²) in [4.78, 5) is 0. The van der Waals surface area contributed by atoms with Crippen LogP contribution in [0.4, 0.5) is 0 Å². The molecule has 1 aromatic rings. The van der Waals surface area contributed by atoms with Gasteiger partial charge in [-0.25, -0.2) is 0 Å². The lowest BCUT2D eigenvalue weighted by atomic mass is 9.90. The maximum atomic E-state index is 5.64. The van der Waals surface area contributed by atoms with E-state index in [1.54, 1.807) is 7.11 Å². The van der Waals surface area contributed by atoms with Crippen molar-refractivity contribution in [1.29, 1.82) is 0 Å². The summed E-state index contributed by atoms with van der Waals surface area (Å²) < 4.78 is 5.24. The minimum absolute atomic E-state index is 0.489. The van der Waals surface area contributed by atoms with Gasteiger partial charge in [-0.05, 0) is 49.3 Å². The van der Waals surface area contributed by atoms with Crippen molar-refractivity contribution in [1.82, 2.24) is 0 Å². The fourth-order valence-electron chi connectivity index (χ4n) is 2.02. The highest BCUT2D eigenvalue weighted by Gasteiger charge is 2.16. The predicted molar refractivity (Wildman–Crippen MR) is 77.6 cm³/mol. The highest BCUT2D eigenvalue weighted by atomic mass is 32.2. The monoisotopic (exact) mass is 263 g/mol. The van der Waals surface area contributed by atoms with Gasteiger partial charge in [0, 0.05) is 5.56 Å². The van der Waals surface area contributed by atoms with E-state index in [1.807, 2.05) is 12.3 Å². The predicted octanol–water partition coefficient (Wildman–Crippen LogP) is 2.41. The van der Waals surface area contributed by atoms with Crippen molar-refractivity contribution in [2.45, 2.75) is 19.3 Å². The number of aryl methyl sites for hydroxylation is 1. The Balaban J connectivity index is 2.33. The molecule has 0 bridgehead atoms. The zero-order valence-corrected chi connectivity index (χ0v) is 11.5. The molecule has 0 saturated heterocycles. The highest BCUT2D eigenvalue weighted by molar-refractivity contribution is 8.13. The Morgan fingerprint density at radius 2 is 2.22 bits per heavy atom. The Kier molecular flexibility index (Phi) is 4.25. The lowest BCUT2D eigenvalue weighted by molar-refractivity contribution is 0.414. The number of ether oxygens (including phenoxy) is 1. The zero-order chi connectivity index (χ0) is 13.0. The van der Waals surface area contributed by atoms with Gasteiger partial charge >= 0.3 is 0 Å². The molecule has 96 valence electrons. The largest absolute Gasteiger partial charge is 0.497 e. The van der Waals surface area contributed by atoms with E-state index in [2.05, 4.69) is 22.3 Å². The van der Waals surface area contributed by atoms with Gasteiger partial charge in [0.2, 0.25) is 0 Å². The number of hydrogen-bond donors (Lipinski definition) is 1. The Bertz CT molecular complexity index is 497. The van der Waals surface area contributed by atoms with Gasteiger partial charge < -0.3 is 10.5 Å². The molecule has 0 aromatic heterocycles. The molecule has 0 radical (unpaired) electrons. The number of hydrogen-bond acceptors (Lipinski definition) is 4. The summed E-state index contributed by atoms with van der Waals surface area (Å²) in [5.74, 6) is 0.891. The molecule has 0 spiro atoms. The SMILES string of the molecule is COc1ccc2c(c1)CCC/C2=N/N=C(/N)SC. The topological polar surface area (TPSA) is 60.0 Å². The first-order chi connectivity index (χ1) is 8.74. The third kappa shape index (κ3) is 2.85. The molecule has 0 unspecified atom stereocenters. The molecule has 0 atom stereocenters. The second-order valence-corrected chi connectivity index (χ2v) is 4.89. The highest BCUT2D eigenvalue weighted by Crippen LogP contribution is 2.26. The first-order valence-corrected chi connectivity index (χ1v) is 7.08. The summed E-state index contributed by atoms with van der Waals surface area (Å²) in [6, 6.07) is 6.09. The Hall–Kier alpha value is -1.49. The number of thioether (sulfide) groups is 1. The summed E-state index contributed by atoms with van der Waals surface area (Å²) in [6.07, 6.45) is 4.99. The van der Waals surface area contributed by atoms with E-state index in [4.69, 9.17) is 10.5 Å². The van der Waals surface area contributed by atoms with Crippen LogP contribution in [0.3, 0.4) is 0 Å². The van der Waals surface area contributed by atoms with Gasteiger partial charge in [0.05, 0.1) is 12.8 Å². The average Bonchev–Trinajstić information content (AvgIpc) is 2.43. The number of nitrogens with zero attached hydrogens (tertiary/aromatic N) is 2. The van der Waals surface area contributed by atoms with Gasteiger partial charge in [0.1, 0.15) is 5.75 Å². The van der Waals surface area contributed by atoms with Crippen LogP contribution < -0.4 is 10.5 Å². The lowest BCUT2D eigenvalue weighted by Crippen LogP contribution is -2.12. The smallest absolute Gasteiger partial charge is 0.180 e. The number of methoxy groups -OCH3 is 1. The maximum Gasteiger partial charge on any atom is 0.180 e. The number of nitrogens with two attached hydrogens (primary N) is 1. The van der Waals surface area contributed by atoms with E-state index in [9.17, 15) is 0 Å². The van der Waals surface area contributed by atoms with Crippen molar-refractivity contribution in [2.75, 3.05) is 13.4 Å². The minimum atomic E-state index is 0.489. The van der Waals surface area contributed by atoms with E-state index in [-0.39, 0.29) is 0 Å². The Morgan fingerprint density at radius 3 is 2.94 bits per heavy atom. The van der Waals surface area contributed by atoms with Gasteiger partial charge in [-0.2, -0.15) is 5.10 Å². The number of rotatable bonds is 2. The van der Waals surface area contributed by atoms with Crippen molar-refractivity contribution in [2.24, 2.45) is 15.9 Å². The van der Waals surface area contributed by atoms with Crippen molar-refractivity contribution in [3.05, 3.63) is 29.3 Å². The molecular weight excluding hydrogens is 246 g/mol. The third-order valence-electron chi connectivity index (χ3n) is 2.96. The summed E-state index contributed by atoms with van der Waals surface area (Å²) in [7, 11) is 1.68. The van der Waals surface area contributed by atoms with Crippen LogP contribution >= 0.6 is 11.8 Å². The molecule has 0 saturated carbocycles. The Labute approximate surface area is 111 Å². The maximum absolute atomic E-state index is 5.64. The zero-order valence-electron chi connectivity index (χ0n) is 10.6.